The van der Waals surface area contributed by atoms with E-state index < -0.39 is 5.97 Å². The highest BCUT2D eigenvalue weighted by molar-refractivity contribution is 6.00. The van der Waals surface area contributed by atoms with E-state index in [2.05, 4.69) is 9.99 Å². The van der Waals surface area contributed by atoms with E-state index in [-0.39, 0.29) is 0 Å². The second kappa shape index (κ2) is 5.29. The highest BCUT2D eigenvalue weighted by atomic mass is 16.7. The molecule has 3 nitrogen and oxygen atoms in total. The Morgan fingerprint density at radius 2 is 1.93 bits per heavy atom. The number of nitrogens with zero attached hydrogens (tertiary/aromatic N) is 1. The van der Waals surface area contributed by atoms with E-state index >= 15 is 0 Å². The smallest absolute Gasteiger partial charge is 0.318 e. The van der Waals surface area contributed by atoms with Crippen LogP contribution < -0.4 is 0 Å². The summed E-state index contributed by atoms with van der Waals surface area (Å²) in [5.74, 6) is -0.395. The third kappa shape index (κ3) is 3.54. The molecular weight excluding hydrogens is 190 g/mol. The molecule has 0 amide bonds. The molecular formula is C12H15NO2. The van der Waals surface area contributed by atoms with E-state index in [1.165, 1.54) is 12.5 Å². The van der Waals surface area contributed by atoms with Crippen LogP contribution in [0.4, 0.5) is 0 Å². The summed E-state index contributed by atoms with van der Waals surface area (Å²) in [4.78, 5) is 15.2. The van der Waals surface area contributed by atoms with Gasteiger partial charge in [-0.1, -0.05) is 41.9 Å². The fourth-order valence-corrected chi connectivity index (χ4v) is 1.19. The topological polar surface area (TPSA) is 38.7 Å². The Balaban J connectivity index is 2.87. The number of aryl methyl sites for hydroxylation is 1. The second-order valence-corrected chi connectivity index (χ2v) is 3.34. The summed E-state index contributed by atoms with van der Waals surface area (Å²) in [7, 11) is 0. The van der Waals surface area contributed by atoms with E-state index in [0.717, 1.165) is 17.7 Å². The van der Waals surface area contributed by atoms with Crippen molar-refractivity contribution in [2.45, 2.75) is 27.2 Å². The molecule has 0 aromatic heterocycles. The predicted octanol–water partition coefficient (Wildman–Crippen LogP) is 2.67. The Morgan fingerprint density at radius 1 is 1.33 bits per heavy atom. The van der Waals surface area contributed by atoms with Crippen LogP contribution in [0.15, 0.2) is 29.4 Å². The maximum Gasteiger partial charge on any atom is 0.331 e. The monoisotopic (exact) mass is 205 g/mol. The van der Waals surface area contributed by atoms with Gasteiger partial charge in [0.1, 0.15) is 0 Å². The van der Waals surface area contributed by atoms with E-state index in [1.807, 2.05) is 38.1 Å². The molecule has 80 valence electrons. The summed E-state index contributed by atoms with van der Waals surface area (Å²) in [6.45, 7) is 5.34. The molecule has 0 radical (unpaired) electrons. The normalized spacial score (nSPS) is 11.3. The molecule has 1 aromatic carbocycles. The van der Waals surface area contributed by atoms with E-state index in [4.69, 9.17) is 0 Å². The summed E-state index contributed by atoms with van der Waals surface area (Å²) < 4.78 is 0. The molecule has 0 bridgehead atoms. The fourth-order valence-electron chi connectivity index (χ4n) is 1.19. The standard InChI is InChI=1S/C12H15NO2/c1-4-12(13-15-10(3)14)11-7-5-9(2)6-8-11/h5-8H,4H2,1-3H3/b13-12+. The van der Waals surface area contributed by atoms with Gasteiger partial charge in [-0.15, -0.1) is 0 Å². The highest BCUT2D eigenvalue weighted by Crippen LogP contribution is 2.07. The van der Waals surface area contributed by atoms with Crippen LogP contribution in [0.2, 0.25) is 0 Å². The Kier molecular flexibility index (Phi) is 4.03. The minimum Gasteiger partial charge on any atom is -0.318 e. The molecule has 0 atom stereocenters. The van der Waals surface area contributed by atoms with Crippen LogP contribution in [0.3, 0.4) is 0 Å². The lowest BCUT2D eigenvalue weighted by molar-refractivity contribution is -0.140. The maximum absolute atomic E-state index is 10.6. The number of rotatable bonds is 3. The summed E-state index contributed by atoms with van der Waals surface area (Å²) in [5, 5.41) is 3.81. The van der Waals surface area contributed by atoms with Gasteiger partial charge < -0.3 is 4.84 Å². The van der Waals surface area contributed by atoms with Crippen molar-refractivity contribution in [3.8, 4) is 0 Å². The molecule has 0 unspecified atom stereocenters. The van der Waals surface area contributed by atoms with Crippen LogP contribution >= 0.6 is 0 Å². The largest absolute Gasteiger partial charge is 0.331 e. The fraction of sp³-hybridized carbons (Fsp3) is 0.333. The molecule has 0 aliphatic rings. The first-order chi connectivity index (χ1) is 7.13. The zero-order valence-corrected chi connectivity index (χ0v) is 9.28. The van der Waals surface area contributed by atoms with Crippen molar-refractivity contribution in [2.75, 3.05) is 0 Å². The van der Waals surface area contributed by atoms with E-state index in [9.17, 15) is 4.79 Å². The number of oxime groups is 1. The first-order valence-corrected chi connectivity index (χ1v) is 4.95. The number of carbonyl (C=O) groups excluding carboxylic acids is 1. The molecule has 0 aliphatic heterocycles. The molecule has 0 N–H and O–H groups in total. The van der Waals surface area contributed by atoms with Crippen molar-refractivity contribution < 1.29 is 9.63 Å². The minimum atomic E-state index is -0.395. The summed E-state index contributed by atoms with van der Waals surface area (Å²) in [6, 6.07) is 7.96. The first-order valence-electron chi connectivity index (χ1n) is 4.95. The third-order valence-corrected chi connectivity index (χ3v) is 2.00. The SMILES string of the molecule is CC/C(=N\OC(C)=O)c1ccc(C)cc1. The molecule has 1 rings (SSSR count). The van der Waals surface area contributed by atoms with Gasteiger partial charge in [0.25, 0.3) is 0 Å². The number of carbonyl (C=O) groups is 1. The Bertz CT molecular complexity index is 366. The molecule has 0 saturated heterocycles. The summed E-state index contributed by atoms with van der Waals surface area (Å²) in [6.07, 6.45) is 0.732. The highest BCUT2D eigenvalue weighted by Gasteiger charge is 2.02. The predicted molar refractivity (Wildman–Crippen MR) is 59.8 cm³/mol. The molecule has 0 spiro atoms. The molecule has 15 heavy (non-hydrogen) atoms. The van der Waals surface area contributed by atoms with Gasteiger partial charge in [-0.3, -0.25) is 0 Å². The van der Waals surface area contributed by atoms with Gasteiger partial charge in [0.2, 0.25) is 0 Å². The van der Waals surface area contributed by atoms with Gasteiger partial charge >= 0.3 is 5.97 Å². The molecule has 0 aliphatic carbocycles. The number of hydrogen-bond donors (Lipinski definition) is 0. The quantitative estimate of drug-likeness (QED) is 0.432. The lowest BCUT2D eigenvalue weighted by Gasteiger charge is -2.03. The van der Waals surface area contributed by atoms with Gasteiger partial charge in [-0.2, -0.15) is 0 Å². The van der Waals surface area contributed by atoms with Crippen molar-refractivity contribution in [1.29, 1.82) is 0 Å². The van der Waals surface area contributed by atoms with Crippen LogP contribution in [0.1, 0.15) is 31.4 Å². The van der Waals surface area contributed by atoms with Crippen molar-refractivity contribution in [3.63, 3.8) is 0 Å². The Morgan fingerprint density at radius 3 is 2.40 bits per heavy atom. The van der Waals surface area contributed by atoms with Crippen molar-refractivity contribution in [3.05, 3.63) is 35.4 Å². The summed E-state index contributed by atoms with van der Waals surface area (Å²) in [5.41, 5.74) is 2.97. The maximum atomic E-state index is 10.6. The van der Waals surface area contributed by atoms with Crippen LogP contribution in [-0.2, 0) is 9.63 Å². The first kappa shape index (κ1) is 11.4. The average Bonchev–Trinajstić information content (AvgIpc) is 2.21. The molecule has 0 saturated carbocycles. The van der Waals surface area contributed by atoms with Crippen molar-refractivity contribution in [1.82, 2.24) is 0 Å². The zero-order chi connectivity index (χ0) is 11.3. The lowest BCUT2D eigenvalue weighted by Crippen LogP contribution is -2.02. The van der Waals surface area contributed by atoms with Crippen LogP contribution in [-0.4, -0.2) is 11.7 Å². The van der Waals surface area contributed by atoms with Crippen LogP contribution in [0.25, 0.3) is 0 Å². The van der Waals surface area contributed by atoms with E-state index in [0.29, 0.717) is 0 Å². The van der Waals surface area contributed by atoms with E-state index in [1.54, 1.807) is 0 Å². The summed E-state index contributed by atoms with van der Waals surface area (Å²) >= 11 is 0. The Hall–Kier alpha value is -1.64. The third-order valence-electron chi connectivity index (χ3n) is 2.00. The molecule has 3 heteroatoms. The van der Waals surface area contributed by atoms with Crippen LogP contribution in [0.5, 0.6) is 0 Å². The average molecular weight is 205 g/mol. The van der Waals surface area contributed by atoms with Gasteiger partial charge in [-0.25, -0.2) is 4.79 Å². The van der Waals surface area contributed by atoms with Crippen molar-refractivity contribution >= 4 is 11.7 Å². The molecule has 0 fully saturated rings. The lowest BCUT2D eigenvalue weighted by atomic mass is 10.1. The van der Waals surface area contributed by atoms with Gasteiger partial charge in [-0.05, 0) is 18.9 Å². The number of hydrogen-bond acceptors (Lipinski definition) is 3. The van der Waals surface area contributed by atoms with Crippen molar-refractivity contribution in [2.24, 2.45) is 5.16 Å². The van der Waals surface area contributed by atoms with Gasteiger partial charge in [0.05, 0.1) is 5.71 Å². The molecule has 1 aromatic rings. The second-order valence-electron chi connectivity index (χ2n) is 3.34. The van der Waals surface area contributed by atoms with Gasteiger partial charge in [0, 0.05) is 6.92 Å². The zero-order valence-electron chi connectivity index (χ0n) is 9.28. The number of benzene rings is 1. The van der Waals surface area contributed by atoms with Crippen LogP contribution in [0, 0.1) is 6.92 Å². The van der Waals surface area contributed by atoms with Gasteiger partial charge in [0.15, 0.2) is 0 Å². The molecule has 0 heterocycles. The Labute approximate surface area is 89.7 Å². The minimum absolute atomic E-state index is 0.395.